The van der Waals surface area contributed by atoms with E-state index in [9.17, 15) is 8.42 Å². The number of aryl methyl sites for hydroxylation is 1. The van der Waals surface area contributed by atoms with Crippen molar-refractivity contribution in [3.63, 3.8) is 0 Å². The molecule has 1 aliphatic heterocycles. The third-order valence-electron chi connectivity index (χ3n) is 3.22. The van der Waals surface area contributed by atoms with Crippen molar-refractivity contribution in [3.8, 4) is 0 Å². The Balaban J connectivity index is 1.92. The maximum Gasteiger partial charge on any atom is 0.240 e. The highest BCUT2D eigenvalue weighted by Gasteiger charge is 2.28. The van der Waals surface area contributed by atoms with Gasteiger partial charge in [0.15, 0.2) is 0 Å². The monoisotopic (exact) mass is 252 g/mol. The molecular weight excluding hydrogens is 236 g/mol. The third kappa shape index (κ3) is 2.30. The summed E-state index contributed by atoms with van der Waals surface area (Å²) in [4.78, 5) is 0.395. The molecule has 3 rings (SSSR count). The normalized spacial score (nSPS) is 19.5. The highest BCUT2D eigenvalue weighted by molar-refractivity contribution is 7.89. The van der Waals surface area contributed by atoms with Crippen molar-refractivity contribution in [2.45, 2.75) is 36.6 Å². The van der Waals surface area contributed by atoms with Crippen LogP contribution in [0, 0.1) is 0 Å². The molecule has 0 bridgehead atoms. The van der Waals surface area contributed by atoms with Crippen LogP contribution < -0.4 is 10.0 Å². The van der Waals surface area contributed by atoms with E-state index in [1.807, 2.05) is 6.07 Å². The summed E-state index contributed by atoms with van der Waals surface area (Å²) in [5, 5.41) is 3.28. The first-order valence-electron chi connectivity index (χ1n) is 6.04. The van der Waals surface area contributed by atoms with E-state index in [-0.39, 0.29) is 6.04 Å². The van der Waals surface area contributed by atoms with Crippen LogP contribution in [0.1, 0.15) is 24.8 Å². The zero-order valence-electron chi connectivity index (χ0n) is 9.57. The largest absolute Gasteiger partial charge is 0.385 e. The maximum atomic E-state index is 12.0. The van der Waals surface area contributed by atoms with Crippen molar-refractivity contribution in [1.82, 2.24) is 4.72 Å². The van der Waals surface area contributed by atoms with Gasteiger partial charge in [-0.1, -0.05) is 0 Å². The smallest absolute Gasteiger partial charge is 0.240 e. The molecule has 0 unspecified atom stereocenters. The maximum absolute atomic E-state index is 12.0. The summed E-state index contributed by atoms with van der Waals surface area (Å²) >= 11 is 0. The van der Waals surface area contributed by atoms with Crippen molar-refractivity contribution in [3.05, 3.63) is 23.8 Å². The molecule has 0 aromatic heterocycles. The highest BCUT2D eigenvalue weighted by Crippen LogP contribution is 2.26. The Bertz CT molecular complexity index is 535. The van der Waals surface area contributed by atoms with E-state index >= 15 is 0 Å². The summed E-state index contributed by atoms with van der Waals surface area (Å²) < 4.78 is 26.8. The first-order valence-corrected chi connectivity index (χ1v) is 7.53. The van der Waals surface area contributed by atoms with Crippen molar-refractivity contribution < 1.29 is 8.42 Å². The van der Waals surface area contributed by atoms with Crippen LogP contribution in [0.2, 0.25) is 0 Å². The highest BCUT2D eigenvalue weighted by atomic mass is 32.2. The molecule has 1 fully saturated rings. The predicted octanol–water partition coefficient (Wildman–Crippen LogP) is 1.49. The second-order valence-electron chi connectivity index (χ2n) is 4.74. The average Bonchev–Trinajstić information content (AvgIpc) is 3.11. The summed E-state index contributed by atoms with van der Waals surface area (Å²) in [6, 6.07) is 5.51. The van der Waals surface area contributed by atoms with Gasteiger partial charge in [-0.05, 0) is 49.4 Å². The van der Waals surface area contributed by atoms with Gasteiger partial charge in [0.1, 0.15) is 0 Å². The molecule has 92 valence electrons. The number of hydrogen-bond acceptors (Lipinski definition) is 3. The Labute approximate surface area is 101 Å². The molecule has 4 nitrogen and oxygen atoms in total. The predicted molar refractivity (Wildman–Crippen MR) is 66.6 cm³/mol. The summed E-state index contributed by atoms with van der Waals surface area (Å²) in [5.74, 6) is 0. The fourth-order valence-electron chi connectivity index (χ4n) is 2.11. The molecular formula is C12H16N2O2S. The molecule has 1 aromatic rings. The first kappa shape index (κ1) is 11.0. The van der Waals surface area contributed by atoms with Crippen molar-refractivity contribution >= 4 is 15.7 Å². The number of nitrogens with one attached hydrogen (secondary N) is 2. The van der Waals surface area contributed by atoms with E-state index in [4.69, 9.17) is 0 Å². The topological polar surface area (TPSA) is 58.2 Å². The van der Waals surface area contributed by atoms with E-state index in [0.29, 0.717) is 4.90 Å². The van der Waals surface area contributed by atoms with Gasteiger partial charge in [-0.25, -0.2) is 13.1 Å². The van der Waals surface area contributed by atoms with Crippen LogP contribution in [0.5, 0.6) is 0 Å². The summed E-state index contributed by atoms with van der Waals surface area (Å²) in [6.45, 7) is 0.972. The molecule has 0 saturated heterocycles. The lowest BCUT2D eigenvalue weighted by molar-refractivity contribution is 0.581. The van der Waals surface area contributed by atoms with Gasteiger partial charge in [0.05, 0.1) is 4.90 Å². The van der Waals surface area contributed by atoms with Gasteiger partial charge in [0.25, 0.3) is 0 Å². The number of rotatable bonds is 3. The van der Waals surface area contributed by atoms with E-state index in [2.05, 4.69) is 10.0 Å². The van der Waals surface area contributed by atoms with Crippen LogP contribution in [0.4, 0.5) is 5.69 Å². The minimum Gasteiger partial charge on any atom is -0.385 e. The molecule has 0 amide bonds. The molecule has 2 N–H and O–H groups in total. The lowest BCUT2D eigenvalue weighted by atomic mass is 10.0. The molecule has 0 radical (unpaired) electrons. The molecule has 1 aromatic carbocycles. The Morgan fingerprint density at radius 1 is 1.29 bits per heavy atom. The molecule has 0 spiro atoms. The number of hydrogen-bond donors (Lipinski definition) is 2. The van der Waals surface area contributed by atoms with E-state index in [0.717, 1.165) is 43.5 Å². The molecule has 5 heteroatoms. The SMILES string of the molecule is O=S(=O)(NC1CC1)c1ccc2c(c1)CCCN2. The third-order valence-corrected chi connectivity index (χ3v) is 4.74. The lowest BCUT2D eigenvalue weighted by Gasteiger charge is -2.18. The van der Waals surface area contributed by atoms with Gasteiger partial charge in [-0.3, -0.25) is 0 Å². The number of fused-ring (bicyclic) bond motifs is 1. The molecule has 1 saturated carbocycles. The van der Waals surface area contributed by atoms with Crippen LogP contribution in [0.3, 0.4) is 0 Å². The average molecular weight is 252 g/mol. The first-order chi connectivity index (χ1) is 8.15. The fraction of sp³-hybridized carbons (Fsp3) is 0.500. The van der Waals surface area contributed by atoms with Crippen molar-refractivity contribution in [1.29, 1.82) is 0 Å². The minimum atomic E-state index is -3.31. The lowest BCUT2D eigenvalue weighted by Crippen LogP contribution is -2.26. The van der Waals surface area contributed by atoms with Crippen LogP contribution in [-0.4, -0.2) is 21.0 Å². The van der Waals surface area contributed by atoms with Gasteiger partial charge in [-0.15, -0.1) is 0 Å². The van der Waals surface area contributed by atoms with Gasteiger partial charge in [0.2, 0.25) is 10.0 Å². The van der Waals surface area contributed by atoms with Crippen LogP contribution >= 0.6 is 0 Å². The summed E-state index contributed by atoms with van der Waals surface area (Å²) in [6.07, 6.45) is 3.94. The number of sulfonamides is 1. The Morgan fingerprint density at radius 3 is 2.88 bits per heavy atom. The van der Waals surface area contributed by atoms with Gasteiger partial charge in [-0.2, -0.15) is 0 Å². The number of anilines is 1. The summed E-state index contributed by atoms with van der Waals surface area (Å²) in [7, 11) is -3.31. The van der Waals surface area contributed by atoms with Crippen molar-refractivity contribution in [2.75, 3.05) is 11.9 Å². The second-order valence-corrected chi connectivity index (χ2v) is 6.46. The standard InChI is InChI=1S/C12H16N2O2S/c15-17(16,14-10-3-4-10)11-5-6-12-9(8-11)2-1-7-13-12/h5-6,8,10,13-14H,1-4,7H2. The molecule has 2 aliphatic rings. The molecule has 17 heavy (non-hydrogen) atoms. The van der Waals surface area contributed by atoms with Crippen molar-refractivity contribution in [2.24, 2.45) is 0 Å². The van der Waals surface area contributed by atoms with Gasteiger partial charge in [0, 0.05) is 18.3 Å². The second kappa shape index (κ2) is 3.99. The zero-order chi connectivity index (χ0) is 11.9. The molecule has 1 aliphatic carbocycles. The quantitative estimate of drug-likeness (QED) is 0.857. The Kier molecular flexibility index (Phi) is 2.60. The van der Waals surface area contributed by atoms with Gasteiger partial charge >= 0.3 is 0 Å². The Morgan fingerprint density at radius 2 is 2.12 bits per heavy atom. The van der Waals surface area contributed by atoms with E-state index in [1.165, 1.54) is 0 Å². The van der Waals surface area contributed by atoms with Crippen LogP contribution in [0.25, 0.3) is 0 Å². The fourth-order valence-corrected chi connectivity index (χ4v) is 3.46. The molecule has 0 atom stereocenters. The Hall–Kier alpha value is -1.07. The van der Waals surface area contributed by atoms with Crippen LogP contribution in [0.15, 0.2) is 23.1 Å². The van der Waals surface area contributed by atoms with Crippen LogP contribution in [-0.2, 0) is 16.4 Å². The number of benzene rings is 1. The van der Waals surface area contributed by atoms with E-state index < -0.39 is 10.0 Å². The molecule has 1 heterocycles. The van der Waals surface area contributed by atoms with Gasteiger partial charge < -0.3 is 5.32 Å². The summed E-state index contributed by atoms with van der Waals surface area (Å²) in [5.41, 5.74) is 2.18. The van der Waals surface area contributed by atoms with E-state index in [1.54, 1.807) is 12.1 Å². The minimum absolute atomic E-state index is 0.161. The zero-order valence-corrected chi connectivity index (χ0v) is 10.4.